The van der Waals surface area contributed by atoms with Crippen LogP contribution < -0.4 is 0 Å². The third-order valence-electron chi connectivity index (χ3n) is 4.65. The summed E-state index contributed by atoms with van der Waals surface area (Å²) in [4.78, 5) is 22.3. The lowest BCUT2D eigenvalue weighted by atomic mass is 9.79. The molecule has 20 heavy (non-hydrogen) atoms. The molecule has 5 heteroatoms. The van der Waals surface area contributed by atoms with Crippen molar-refractivity contribution in [1.29, 1.82) is 0 Å². The third-order valence-corrected chi connectivity index (χ3v) is 4.65. The van der Waals surface area contributed by atoms with E-state index < -0.39 is 23.8 Å². The van der Waals surface area contributed by atoms with E-state index in [0.717, 1.165) is 0 Å². The predicted octanol–water partition coefficient (Wildman–Crippen LogP) is 2.54. The summed E-state index contributed by atoms with van der Waals surface area (Å²) in [5, 5.41) is 18.2. The van der Waals surface area contributed by atoms with Crippen molar-refractivity contribution >= 4 is 11.9 Å². The molecule has 114 valence electrons. The maximum absolute atomic E-state index is 11.1. The van der Waals surface area contributed by atoms with Crippen molar-refractivity contribution in [3.63, 3.8) is 0 Å². The van der Waals surface area contributed by atoms with Crippen LogP contribution in [0.3, 0.4) is 0 Å². The van der Waals surface area contributed by atoms with Crippen LogP contribution in [0.4, 0.5) is 0 Å². The number of hydrogen-bond acceptors (Lipinski definition) is 3. The van der Waals surface area contributed by atoms with Gasteiger partial charge in [-0.15, -0.1) is 0 Å². The second-order valence-electron chi connectivity index (χ2n) is 6.24. The summed E-state index contributed by atoms with van der Waals surface area (Å²) in [5.41, 5.74) is 0. The smallest absolute Gasteiger partial charge is 0.306 e. The number of carbonyl (C=O) groups is 2. The van der Waals surface area contributed by atoms with E-state index in [9.17, 15) is 9.59 Å². The van der Waals surface area contributed by atoms with Gasteiger partial charge in [-0.2, -0.15) is 0 Å². The van der Waals surface area contributed by atoms with Crippen molar-refractivity contribution in [2.75, 3.05) is 6.61 Å². The Morgan fingerprint density at radius 3 is 1.95 bits per heavy atom. The molecule has 0 saturated heterocycles. The van der Waals surface area contributed by atoms with E-state index in [0.29, 0.717) is 25.4 Å². The first-order chi connectivity index (χ1) is 9.56. The highest BCUT2D eigenvalue weighted by atomic mass is 16.5. The molecule has 2 atom stereocenters. The number of rotatable bonds is 5. The van der Waals surface area contributed by atoms with E-state index in [1.807, 2.05) is 0 Å². The number of carboxylic acid groups (broad SMARTS) is 2. The fraction of sp³-hybridized carbons (Fsp3) is 0.867. The molecule has 2 saturated carbocycles. The lowest BCUT2D eigenvalue weighted by Gasteiger charge is -2.32. The van der Waals surface area contributed by atoms with Gasteiger partial charge in [0.15, 0.2) is 0 Å². The van der Waals surface area contributed by atoms with Gasteiger partial charge in [-0.25, -0.2) is 0 Å². The molecule has 5 nitrogen and oxygen atoms in total. The van der Waals surface area contributed by atoms with Crippen molar-refractivity contribution in [3.05, 3.63) is 0 Å². The summed E-state index contributed by atoms with van der Waals surface area (Å²) in [6.45, 7) is 0.656. The molecule has 0 amide bonds. The van der Waals surface area contributed by atoms with Gasteiger partial charge < -0.3 is 14.9 Å². The van der Waals surface area contributed by atoms with Crippen LogP contribution in [0.25, 0.3) is 0 Å². The topological polar surface area (TPSA) is 83.8 Å². The Labute approximate surface area is 119 Å². The molecule has 0 spiro atoms. The molecule has 0 aliphatic heterocycles. The number of aliphatic carboxylic acids is 2. The van der Waals surface area contributed by atoms with Crippen molar-refractivity contribution in [2.45, 2.75) is 57.5 Å². The molecular weight excluding hydrogens is 260 g/mol. The molecular formula is C15H24O5. The van der Waals surface area contributed by atoms with Crippen LogP contribution in [-0.4, -0.2) is 34.9 Å². The molecule has 0 heterocycles. The Morgan fingerprint density at radius 2 is 1.45 bits per heavy atom. The summed E-state index contributed by atoms with van der Waals surface area (Å²) in [6, 6.07) is 0. The first kappa shape index (κ1) is 15.3. The zero-order valence-electron chi connectivity index (χ0n) is 11.8. The zero-order chi connectivity index (χ0) is 14.5. The standard InChI is InChI=1S/C15H24O5/c16-14(17)11-6-12(15(18)19)8-13(7-11)20-9-10-4-2-1-3-5-10/h10-13H,1-9H2,(H,16,17)(H,18,19). The lowest BCUT2D eigenvalue weighted by Crippen LogP contribution is -2.36. The summed E-state index contributed by atoms with van der Waals surface area (Å²) < 4.78 is 5.86. The second kappa shape index (κ2) is 7.07. The van der Waals surface area contributed by atoms with Crippen LogP contribution >= 0.6 is 0 Å². The molecule has 0 bridgehead atoms. The van der Waals surface area contributed by atoms with Gasteiger partial charge in [0.2, 0.25) is 0 Å². The molecule has 2 N–H and O–H groups in total. The molecule has 0 radical (unpaired) electrons. The Balaban J connectivity index is 1.85. The van der Waals surface area contributed by atoms with Crippen molar-refractivity contribution in [3.8, 4) is 0 Å². The van der Waals surface area contributed by atoms with Crippen molar-refractivity contribution in [2.24, 2.45) is 17.8 Å². The lowest BCUT2D eigenvalue weighted by molar-refractivity contribution is -0.152. The third kappa shape index (κ3) is 4.20. The molecule has 2 aliphatic rings. The van der Waals surface area contributed by atoms with E-state index in [4.69, 9.17) is 14.9 Å². The van der Waals surface area contributed by atoms with Crippen LogP contribution in [0.2, 0.25) is 0 Å². The first-order valence-corrected chi connectivity index (χ1v) is 7.63. The van der Waals surface area contributed by atoms with Crippen LogP contribution in [-0.2, 0) is 14.3 Å². The van der Waals surface area contributed by atoms with Gasteiger partial charge in [0.1, 0.15) is 0 Å². The van der Waals surface area contributed by atoms with Gasteiger partial charge in [0.05, 0.1) is 17.9 Å². The summed E-state index contributed by atoms with van der Waals surface area (Å²) in [7, 11) is 0. The molecule has 2 fully saturated rings. The first-order valence-electron chi connectivity index (χ1n) is 7.63. The predicted molar refractivity (Wildman–Crippen MR) is 72.4 cm³/mol. The summed E-state index contributed by atoms with van der Waals surface area (Å²) in [5.74, 6) is -2.40. The van der Waals surface area contributed by atoms with Gasteiger partial charge in [0.25, 0.3) is 0 Å². The van der Waals surface area contributed by atoms with Crippen LogP contribution in [0.15, 0.2) is 0 Å². The van der Waals surface area contributed by atoms with Gasteiger partial charge in [-0.1, -0.05) is 19.3 Å². The Bertz CT molecular complexity index is 326. The highest BCUT2D eigenvalue weighted by molar-refractivity contribution is 5.74. The fourth-order valence-corrected chi connectivity index (χ4v) is 3.43. The van der Waals surface area contributed by atoms with Gasteiger partial charge in [-0.05, 0) is 38.0 Å². The van der Waals surface area contributed by atoms with Crippen molar-refractivity contribution < 1.29 is 24.5 Å². The van der Waals surface area contributed by atoms with E-state index >= 15 is 0 Å². The van der Waals surface area contributed by atoms with Crippen LogP contribution in [0.1, 0.15) is 51.4 Å². The van der Waals surface area contributed by atoms with Gasteiger partial charge in [-0.3, -0.25) is 9.59 Å². The Hall–Kier alpha value is -1.10. The van der Waals surface area contributed by atoms with E-state index in [-0.39, 0.29) is 12.5 Å². The van der Waals surface area contributed by atoms with Gasteiger partial charge in [0, 0.05) is 6.61 Å². The molecule has 0 aromatic carbocycles. The SMILES string of the molecule is O=C(O)C1CC(OCC2CCCCC2)CC(C(=O)O)C1. The fourth-order valence-electron chi connectivity index (χ4n) is 3.43. The minimum Gasteiger partial charge on any atom is -0.481 e. The van der Waals surface area contributed by atoms with E-state index in [1.54, 1.807) is 0 Å². The van der Waals surface area contributed by atoms with E-state index in [2.05, 4.69) is 0 Å². The minimum absolute atomic E-state index is 0.215. The van der Waals surface area contributed by atoms with Crippen LogP contribution in [0, 0.1) is 17.8 Å². The molecule has 2 rings (SSSR count). The maximum atomic E-state index is 11.1. The quantitative estimate of drug-likeness (QED) is 0.810. The van der Waals surface area contributed by atoms with Crippen molar-refractivity contribution in [1.82, 2.24) is 0 Å². The number of carboxylic acids is 2. The average molecular weight is 284 g/mol. The Morgan fingerprint density at radius 1 is 0.900 bits per heavy atom. The summed E-state index contributed by atoms with van der Waals surface area (Å²) in [6.07, 6.45) is 7.05. The largest absolute Gasteiger partial charge is 0.481 e. The number of ether oxygens (including phenoxy) is 1. The van der Waals surface area contributed by atoms with E-state index in [1.165, 1.54) is 32.1 Å². The summed E-state index contributed by atoms with van der Waals surface area (Å²) >= 11 is 0. The molecule has 0 aromatic heterocycles. The average Bonchev–Trinajstić information content (AvgIpc) is 2.45. The van der Waals surface area contributed by atoms with Gasteiger partial charge >= 0.3 is 11.9 Å². The highest BCUT2D eigenvalue weighted by Gasteiger charge is 2.36. The zero-order valence-corrected chi connectivity index (χ0v) is 11.8. The monoisotopic (exact) mass is 284 g/mol. The Kier molecular flexibility index (Phi) is 5.40. The normalized spacial score (nSPS) is 31.9. The number of hydrogen-bond donors (Lipinski definition) is 2. The molecule has 2 aliphatic carbocycles. The minimum atomic E-state index is -0.901. The highest BCUT2D eigenvalue weighted by Crippen LogP contribution is 2.33. The molecule has 0 aromatic rings. The maximum Gasteiger partial charge on any atom is 0.306 e. The van der Waals surface area contributed by atoms with Crippen LogP contribution in [0.5, 0.6) is 0 Å². The molecule has 2 unspecified atom stereocenters. The second-order valence-corrected chi connectivity index (χ2v) is 6.24.